The molecule has 0 aliphatic heterocycles. The number of hydrogen-bond acceptors (Lipinski definition) is 3. The second-order valence-corrected chi connectivity index (χ2v) is 4.44. The molecule has 6 heteroatoms. The number of hydrogen-bond donors (Lipinski definition) is 2. The third-order valence-electron chi connectivity index (χ3n) is 2.36. The smallest absolute Gasteiger partial charge is 0.303 e. The van der Waals surface area contributed by atoms with E-state index in [-0.39, 0.29) is 12.3 Å². The predicted octanol–water partition coefficient (Wildman–Crippen LogP) is 2.09. The van der Waals surface area contributed by atoms with Gasteiger partial charge in [0, 0.05) is 18.0 Å². The Hall–Kier alpha value is -1.75. The van der Waals surface area contributed by atoms with E-state index in [0.717, 1.165) is 0 Å². The van der Waals surface area contributed by atoms with Gasteiger partial charge in [0.05, 0.1) is 0 Å². The highest BCUT2D eigenvalue weighted by molar-refractivity contribution is 6.30. The van der Waals surface area contributed by atoms with Gasteiger partial charge in [-0.3, -0.25) is 9.59 Å². The first kappa shape index (κ1) is 15.3. The van der Waals surface area contributed by atoms with Crippen molar-refractivity contribution in [1.82, 2.24) is 5.32 Å². The van der Waals surface area contributed by atoms with Gasteiger partial charge in [-0.15, -0.1) is 0 Å². The number of rotatable bonds is 7. The Labute approximate surface area is 116 Å². The summed E-state index contributed by atoms with van der Waals surface area (Å²) in [6.45, 7) is 1.95. The topological polar surface area (TPSA) is 75.6 Å². The van der Waals surface area contributed by atoms with Crippen LogP contribution >= 0.6 is 11.6 Å². The molecule has 0 saturated heterocycles. The van der Waals surface area contributed by atoms with Crippen LogP contribution in [0.2, 0.25) is 5.02 Å². The molecule has 0 radical (unpaired) electrons. The van der Waals surface area contributed by atoms with Crippen LogP contribution < -0.4 is 10.1 Å². The summed E-state index contributed by atoms with van der Waals surface area (Å²) in [6.07, 6.45) is -0.215. The lowest BCUT2D eigenvalue weighted by Crippen LogP contribution is -2.36. The van der Waals surface area contributed by atoms with Crippen molar-refractivity contribution in [2.24, 2.45) is 0 Å². The van der Waals surface area contributed by atoms with Crippen molar-refractivity contribution in [1.29, 1.82) is 0 Å². The summed E-state index contributed by atoms with van der Waals surface area (Å²) < 4.78 is 5.42. The molecule has 1 amide bonds. The average Bonchev–Trinajstić information content (AvgIpc) is 2.36. The summed E-state index contributed by atoms with van der Waals surface area (Å²) in [6, 6.07) is 6.70. The van der Waals surface area contributed by atoms with Crippen LogP contribution in [-0.4, -0.2) is 29.6 Å². The van der Waals surface area contributed by atoms with Crippen molar-refractivity contribution in [3.05, 3.63) is 29.3 Å². The minimum absolute atomic E-state index is 0.0344. The van der Waals surface area contributed by atoms with E-state index in [2.05, 4.69) is 5.32 Å². The molecular weight excluding hydrogens is 270 g/mol. The number of nitrogens with one attached hydrogen (secondary N) is 1. The van der Waals surface area contributed by atoms with Crippen LogP contribution in [0.1, 0.15) is 19.8 Å². The standard InChI is InChI=1S/C13H16ClNO4/c1-9(13(18)15-8-2-3-12(16)17)19-11-6-4-10(14)5-7-11/h4-7,9H,2-3,8H2,1H3,(H,15,18)(H,16,17). The number of carbonyl (C=O) groups is 2. The van der Waals surface area contributed by atoms with E-state index in [1.165, 1.54) is 0 Å². The fourth-order valence-corrected chi connectivity index (χ4v) is 1.49. The number of carbonyl (C=O) groups excluding carboxylic acids is 1. The van der Waals surface area contributed by atoms with Crippen molar-refractivity contribution < 1.29 is 19.4 Å². The number of ether oxygens (including phenoxy) is 1. The number of carboxylic acid groups (broad SMARTS) is 1. The molecule has 1 unspecified atom stereocenters. The number of carboxylic acids is 1. The van der Waals surface area contributed by atoms with Gasteiger partial charge in [0.15, 0.2) is 6.10 Å². The van der Waals surface area contributed by atoms with E-state index in [0.29, 0.717) is 23.7 Å². The Morgan fingerprint density at radius 2 is 2.00 bits per heavy atom. The molecule has 0 aliphatic rings. The zero-order valence-corrected chi connectivity index (χ0v) is 11.3. The number of amides is 1. The molecule has 0 aromatic heterocycles. The van der Waals surface area contributed by atoms with E-state index in [1.54, 1.807) is 31.2 Å². The number of benzene rings is 1. The average molecular weight is 286 g/mol. The Kier molecular flexibility index (Phi) is 6.15. The first-order valence-electron chi connectivity index (χ1n) is 5.91. The lowest BCUT2D eigenvalue weighted by atomic mass is 10.3. The number of halogens is 1. The van der Waals surface area contributed by atoms with Crippen LogP contribution in [-0.2, 0) is 9.59 Å². The molecule has 0 bridgehead atoms. The molecule has 0 fully saturated rings. The van der Waals surface area contributed by atoms with Crippen molar-refractivity contribution in [3.8, 4) is 5.75 Å². The highest BCUT2D eigenvalue weighted by Crippen LogP contribution is 2.16. The highest BCUT2D eigenvalue weighted by atomic mass is 35.5. The van der Waals surface area contributed by atoms with E-state index >= 15 is 0 Å². The maximum atomic E-state index is 11.6. The Morgan fingerprint density at radius 1 is 1.37 bits per heavy atom. The Balaban J connectivity index is 2.32. The second kappa shape index (κ2) is 7.63. The summed E-state index contributed by atoms with van der Waals surface area (Å²) in [5.74, 6) is -0.599. The van der Waals surface area contributed by atoms with Crippen LogP contribution in [0.4, 0.5) is 0 Å². The van der Waals surface area contributed by atoms with E-state index in [9.17, 15) is 9.59 Å². The molecule has 19 heavy (non-hydrogen) atoms. The molecule has 5 nitrogen and oxygen atoms in total. The summed E-state index contributed by atoms with van der Waals surface area (Å²) in [4.78, 5) is 21.9. The molecule has 104 valence electrons. The Bertz CT molecular complexity index is 433. The second-order valence-electron chi connectivity index (χ2n) is 4.00. The van der Waals surface area contributed by atoms with Gasteiger partial charge in [0.1, 0.15) is 5.75 Å². The summed E-state index contributed by atoms with van der Waals surface area (Å²) in [5, 5.41) is 11.7. The fourth-order valence-electron chi connectivity index (χ4n) is 1.37. The van der Waals surface area contributed by atoms with E-state index in [1.807, 2.05) is 0 Å². The van der Waals surface area contributed by atoms with Crippen LogP contribution in [0.25, 0.3) is 0 Å². The van der Waals surface area contributed by atoms with Crippen molar-refractivity contribution in [3.63, 3.8) is 0 Å². The minimum Gasteiger partial charge on any atom is -0.481 e. The quantitative estimate of drug-likeness (QED) is 0.752. The van der Waals surface area contributed by atoms with E-state index in [4.69, 9.17) is 21.4 Å². The molecule has 0 spiro atoms. The monoisotopic (exact) mass is 285 g/mol. The third-order valence-corrected chi connectivity index (χ3v) is 2.61. The summed E-state index contributed by atoms with van der Waals surface area (Å²) in [5.41, 5.74) is 0. The minimum atomic E-state index is -0.875. The molecule has 1 aromatic carbocycles. The molecule has 1 rings (SSSR count). The van der Waals surface area contributed by atoms with Crippen LogP contribution in [0.15, 0.2) is 24.3 Å². The Morgan fingerprint density at radius 3 is 2.58 bits per heavy atom. The number of aliphatic carboxylic acids is 1. The van der Waals surface area contributed by atoms with E-state index < -0.39 is 12.1 Å². The molecular formula is C13H16ClNO4. The first-order valence-corrected chi connectivity index (χ1v) is 6.28. The highest BCUT2D eigenvalue weighted by Gasteiger charge is 2.13. The zero-order chi connectivity index (χ0) is 14.3. The van der Waals surface area contributed by atoms with Gasteiger partial charge in [0.2, 0.25) is 0 Å². The predicted molar refractivity (Wildman–Crippen MR) is 71.4 cm³/mol. The third kappa shape index (κ3) is 6.10. The van der Waals surface area contributed by atoms with Gasteiger partial charge in [-0.1, -0.05) is 11.6 Å². The lowest BCUT2D eigenvalue weighted by molar-refractivity contribution is -0.137. The molecule has 1 atom stereocenters. The summed E-state index contributed by atoms with van der Waals surface area (Å²) in [7, 11) is 0. The van der Waals surface area contributed by atoms with Gasteiger partial charge >= 0.3 is 5.97 Å². The molecule has 2 N–H and O–H groups in total. The van der Waals surface area contributed by atoms with Crippen molar-refractivity contribution >= 4 is 23.5 Å². The van der Waals surface area contributed by atoms with Gasteiger partial charge in [-0.25, -0.2) is 0 Å². The summed E-state index contributed by atoms with van der Waals surface area (Å²) >= 11 is 5.74. The van der Waals surface area contributed by atoms with Gasteiger partial charge in [-0.05, 0) is 37.6 Å². The maximum Gasteiger partial charge on any atom is 0.303 e. The molecule has 0 aliphatic carbocycles. The maximum absolute atomic E-state index is 11.6. The fraction of sp³-hybridized carbons (Fsp3) is 0.385. The lowest BCUT2D eigenvalue weighted by Gasteiger charge is -2.14. The van der Waals surface area contributed by atoms with Gasteiger partial charge < -0.3 is 15.2 Å². The van der Waals surface area contributed by atoms with Gasteiger partial charge in [0.25, 0.3) is 5.91 Å². The van der Waals surface area contributed by atoms with Crippen LogP contribution in [0.5, 0.6) is 5.75 Å². The van der Waals surface area contributed by atoms with Crippen LogP contribution in [0, 0.1) is 0 Å². The zero-order valence-electron chi connectivity index (χ0n) is 10.6. The van der Waals surface area contributed by atoms with Crippen LogP contribution in [0.3, 0.4) is 0 Å². The first-order chi connectivity index (χ1) is 8.99. The largest absolute Gasteiger partial charge is 0.481 e. The van der Waals surface area contributed by atoms with Crippen molar-refractivity contribution in [2.75, 3.05) is 6.54 Å². The van der Waals surface area contributed by atoms with Crippen molar-refractivity contribution in [2.45, 2.75) is 25.9 Å². The SMILES string of the molecule is CC(Oc1ccc(Cl)cc1)C(=O)NCCCC(=O)O. The molecule has 0 saturated carbocycles. The normalized spacial score (nSPS) is 11.7. The molecule has 1 aromatic rings. The molecule has 0 heterocycles. The van der Waals surface area contributed by atoms with Gasteiger partial charge in [-0.2, -0.15) is 0 Å².